The van der Waals surface area contributed by atoms with E-state index in [1.807, 2.05) is 25.1 Å². The Bertz CT molecular complexity index is 982. The van der Waals surface area contributed by atoms with Crippen LogP contribution < -0.4 is 5.32 Å². The van der Waals surface area contributed by atoms with Crippen LogP contribution in [0.3, 0.4) is 0 Å². The number of nitrogens with one attached hydrogen (secondary N) is 1. The number of thiophene rings is 1. The molecule has 5 nitrogen and oxygen atoms in total. The van der Waals surface area contributed by atoms with Gasteiger partial charge in [0.15, 0.2) is 0 Å². The molecule has 0 radical (unpaired) electrons. The number of carbonyl (C=O) groups is 2. The number of esters is 1. The summed E-state index contributed by atoms with van der Waals surface area (Å²) in [7, 11) is 0. The number of anilines is 1. The molecule has 1 aromatic heterocycles. The van der Waals surface area contributed by atoms with E-state index in [2.05, 4.69) is 16.3 Å². The molecule has 1 saturated heterocycles. The maximum absolute atomic E-state index is 12.3. The standard InChI is InChI=1S/C25H31ClN2O3S/c1-3-31-25(30)17-12-14-28(15-13-17)23(18-8-4-6-10-20(18)26)22-19-9-5-7-11-21(19)32-24(22)27-16(2)29/h4,6,8,10,17,23H,3,5,7,9,11-15H2,1-2H3,(H,27,29)/t23-/m1/s1. The lowest BCUT2D eigenvalue weighted by molar-refractivity contribution is -0.149. The molecule has 1 aliphatic heterocycles. The molecule has 2 aliphatic rings. The summed E-state index contributed by atoms with van der Waals surface area (Å²) >= 11 is 8.45. The van der Waals surface area contributed by atoms with Crippen molar-refractivity contribution in [2.45, 2.75) is 58.4 Å². The van der Waals surface area contributed by atoms with E-state index in [0.717, 1.165) is 60.8 Å². The molecule has 1 atom stereocenters. The van der Waals surface area contributed by atoms with E-state index in [4.69, 9.17) is 16.3 Å². The van der Waals surface area contributed by atoms with E-state index in [9.17, 15) is 9.59 Å². The van der Waals surface area contributed by atoms with Crippen molar-refractivity contribution in [1.29, 1.82) is 0 Å². The van der Waals surface area contributed by atoms with Crippen LogP contribution in [0, 0.1) is 5.92 Å². The summed E-state index contributed by atoms with van der Waals surface area (Å²) in [5.74, 6) is -0.193. The summed E-state index contributed by atoms with van der Waals surface area (Å²) in [5.41, 5.74) is 3.63. The molecule has 0 saturated carbocycles. The summed E-state index contributed by atoms with van der Waals surface area (Å²) < 4.78 is 5.27. The second kappa shape index (κ2) is 10.4. The Labute approximate surface area is 199 Å². The highest BCUT2D eigenvalue weighted by Crippen LogP contribution is 2.47. The van der Waals surface area contributed by atoms with Crippen molar-refractivity contribution in [3.63, 3.8) is 0 Å². The number of hydrogen-bond acceptors (Lipinski definition) is 5. The minimum atomic E-state index is -0.0895. The Morgan fingerprint density at radius 1 is 1.22 bits per heavy atom. The molecule has 7 heteroatoms. The van der Waals surface area contributed by atoms with Crippen molar-refractivity contribution in [2.24, 2.45) is 5.92 Å². The maximum atomic E-state index is 12.3. The van der Waals surface area contributed by atoms with Crippen LogP contribution in [0.25, 0.3) is 0 Å². The quantitative estimate of drug-likeness (QED) is 0.553. The molecule has 0 unspecified atom stereocenters. The number of ether oxygens (including phenoxy) is 1. The Balaban J connectivity index is 1.74. The zero-order chi connectivity index (χ0) is 22.7. The van der Waals surface area contributed by atoms with E-state index >= 15 is 0 Å². The number of carbonyl (C=O) groups excluding carboxylic acids is 2. The molecule has 2 aromatic rings. The van der Waals surface area contributed by atoms with Crippen LogP contribution in [0.2, 0.25) is 5.02 Å². The first-order valence-electron chi connectivity index (χ1n) is 11.6. The molecule has 2 heterocycles. The van der Waals surface area contributed by atoms with Crippen LogP contribution >= 0.6 is 22.9 Å². The minimum absolute atomic E-state index is 0.0493. The number of amides is 1. The maximum Gasteiger partial charge on any atom is 0.309 e. The molecular weight excluding hydrogens is 444 g/mol. The summed E-state index contributed by atoms with van der Waals surface area (Å²) in [4.78, 5) is 28.2. The van der Waals surface area contributed by atoms with Gasteiger partial charge < -0.3 is 10.1 Å². The first-order valence-corrected chi connectivity index (χ1v) is 12.8. The fourth-order valence-electron chi connectivity index (χ4n) is 5.02. The zero-order valence-corrected chi connectivity index (χ0v) is 20.4. The van der Waals surface area contributed by atoms with Gasteiger partial charge in [-0.05, 0) is 75.7 Å². The number of aryl methyl sites for hydroxylation is 1. The van der Waals surface area contributed by atoms with Crippen LogP contribution in [0.15, 0.2) is 24.3 Å². The Hall–Kier alpha value is -1.89. The zero-order valence-electron chi connectivity index (χ0n) is 18.8. The SMILES string of the molecule is CCOC(=O)C1CCN([C@H](c2ccccc2Cl)c2c(NC(C)=O)sc3c2CCCC3)CC1. The summed E-state index contributed by atoms with van der Waals surface area (Å²) in [6.45, 7) is 5.40. The van der Waals surface area contributed by atoms with Crippen molar-refractivity contribution >= 4 is 39.8 Å². The fourth-order valence-corrected chi connectivity index (χ4v) is 6.62. The predicted octanol–water partition coefficient (Wildman–Crippen LogP) is 5.60. The van der Waals surface area contributed by atoms with E-state index in [0.29, 0.717) is 6.61 Å². The number of hydrogen-bond donors (Lipinski definition) is 1. The van der Waals surface area contributed by atoms with Crippen molar-refractivity contribution in [2.75, 3.05) is 25.0 Å². The van der Waals surface area contributed by atoms with Crippen molar-refractivity contribution in [1.82, 2.24) is 4.90 Å². The average Bonchev–Trinajstić information content (AvgIpc) is 3.13. The molecule has 1 fully saturated rings. The monoisotopic (exact) mass is 474 g/mol. The molecule has 1 amide bonds. The Kier molecular flexibility index (Phi) is 7.54. The van der Waals surface area contributed by atoms with Crippen LogP contribution in [0.5, 0.6) is 0 Å². The second-order valence-electron chi connectivity index (χ2n) is 8.62. The van der Waals surface area contributed by atoms with Crippen LogP contribution in [0.1, 0.15) is 67.1 Å². The Morgan fingerprint density at radius 2 is 1.94 bits per heavy atom. The van der Waals surface area contributed by atoms with Gasteiger partial charge in [-0.2, -0.15) is 0 Å². The average molecular weight is 475 g/mol. The van der Waals surface area contributed by atoms with Crippen molar-refractivity contribution < 1.29 is 14.3 Å². The molecule has 32 heavy (non-hydrogen) atoms. The number of halogens is 1. The fraction of sp³-hybridized carbons (Fsp3) is 0.520. The molecule has 172 valence electrons. The van der Waals surface area contributed by atoms with Gasteiger partial charge in [-0.1, -0.05) is 29.8 Å². The lowest BCUT2D eigenvalue weighted by atomic mass is 9.87. The molecule has 0 spiro atoms. The lowest BCUT2D eigenvalue weighted by Crippen LogP contribution is -2.40. The smallest absolute Gasteiger partial charge is 0.309 e. The van der Waals surface area contributed by atoms with E-state index < -0.39 is 0 Å². The van der Waals surface area contributed by atoms with Gasteiger partial charge in [-0.15, -0.1) is 11.3 Å². The van der Waals surface area contributed by atoms with Gasteiger partial charge in [-0.25, -0.2) is 0 Å². The highest BCUT2D eigenvalue weighted by molar-refractivity contribution is 7.16. The van der Waals surface area contributed by atoms with E-state index in [-0.39, 0.29) is 23.8 Å². The number of benzene rings is 1. The highest BCUT2D eigenvalue weighted by atomic mass is 35.5. The molecule has 1 aromatic carbocycles. The van der Waals surface area contributed by atoms with Gasteiger partial charge in [0.2, 0.25) is 5.91 Å². The van der Waals surface area contributed by atoms with Gasteiger partial charge in [-0.3, -0.25) is 14.5 Å². The summed E-state index contributed by atoms with van der Waals surface area (Å²) in [5, 5.41) is 4.80. The molecule has 1 aliphatic carbocycles. The first kappa shape index (κ1) is 23.3. The number of fused-ring (bicyclic) bond motifs is 1. The first-order chi connectivity index (χ1) is 15.5. The summed E-state index contributed by atoms with van der Waals surface area (Å²) in [6, 6.07) is 7.96. The largest absolute Gasteiger partial charge is 0.466 e. The number of piperidine rings is 1. The van der Waals surface area contributed by atoms with Crippen molar-refractivity contribution in [3.05, 3.63) is 50.9 Å². The normalized spacial score (nSPS) is 18.1. The predicted molar refractivity (Wildman–Crippen MR) is 129 cm³/mol. The van der Waals surface area contributed by atoms with Crippen LogP contribution in [-0.4, -0.2) is 36.5 Å². The van der Waals surface area contributed by atoms with Crippen LogP contribution in [0.4, 0.5) is 5.00 Å². The lowest BCUT2D eigenvalue weighted by Gasteiger charge is -2.38. The van der Waals surface area contributed by atoms with E-state index in [1.165, 1.54) is 22.4 Å². The third-order valence-electron chi connectivity index (χ3n) is 6.49. The van der Waals surface area contributed by atoms with Gasteiger partial charge in [0, 0.05) is 22.4 Å². The third kappa shape index (κ3) is 4.87. The summed E-state index contributed by atoms with van der Waals surface area (Å²) in [6.07, 6.45) is 5.97. The van der Waals surface area contributed by atoms with Gasteiger partial charge in [0.1, 0.15) is 5.00 Å². The van der Waals surface area contributed by atoms with Gasteiger partial charge in [0.05, 0.1) is 18.6 Å². The van der Waals surface area contributed by atoms with Crippen molar-refractivity contribution in [3.8, 4) is 0 Å². The molecular formula is C25H31ClN2O3S. The third-order valence-corrected chi connectivity index (χ3v) is 8.06. The number of nitrogens with zero attached hydrogens (tertiary/aromatic N) is 1. The minimum Gasteiger partial charge on any atom is -0.466 e. The van der Waals surface area contributed by atoms with Crippen LogP contribution in [-0.2, 0) is 27.2 Å². The number of rotatable bonds is 6. The van der Waals surface area contributed by atoms with Gasteiger partial charge >= 0.3 is 5.97 Å². The molecule has 0 bridgehead atoms. The highest BCUT2D eigenvalue weighted by Gasteiger charge is 2.36. The van der Waals surface area contributed by atoms with E-state index in [1.54, 1.807) is 18.3 Å². The number of likely N-dealkylation sites (tertiary alicyclic amines) is 1. The Morgan fingerprint density at radius 3 is 2.62 bits per heavy atom. The van der Waals surface area contributed by atoms with Gasteiger partial charge in [0.25, 0.3) is 0 Å². The second-order valence-corrected chi connectivity index (χ2v) is 10.1. The molecule has 1 N–H and O–H groups in total. The molecule has 4 rings (SSSR count). The topological polar surface area (TPSA) is 58.6 Å².